The van der Waals surface area contributed by atoms with Crippen LogP contribution in [0.3, 0.4) is 0 Å². The standard InChI is InChI=1S/C14H20IN4O9P/c1-2-17(8-6-15)11-5-4-10(18(21)22)12(13(11)19(23)24)14(20)16-7-3-9-28-29(25,26)27/h4-5H,2-3,6-9H2,1H3,(H,16,20)(H2,25,26,27). The van der Waals surface area contributed by atoms with Gasteiger partial charge in [-0.05, 0) is 19.4 Å². The molecule has 3 N–H and O–H groups in total. The number of anilines is 1. The molecular weight excluding hydrogens is 526 g/mol. The molecule has 29 heavy (non-hydrogen) atoms. The maximum atomic E-state index is 12.5. The fourth-order valence-corrected chi connectivity index (χ4v) is 3.43. The summed E-state index contributed by atoms with van der Waals surface area (Å²) in [5.74, 6) is -1.04. The second-order valence-corrected chi connectivity index (χ2v) is 7.86. The van der Waals surface area contributed by atoms with Gasteiger partial charge in [0.2, 0.25) is 0 Å². The van der Waals surface area contributed by atoms with Gasteiger partial charge in [0.15, 0.2) is 5.56 Å². The molecule has 15 heteroatoms. The van der Waals surface area contributed by atoms with Crippen molar-refractivity contribution in [2.24, 2.45) is 0 Å². The molecule has 1 aromatic carbocycles. The number of nitro groups is 2. The van der Waals surface area contributed by atoms with Gasteiger partial charge in [0.1, 0.15) is 5.69 Å². The molecule has 0 radical (unpaired) electrons. The van der Waals surface area contributed by atoms with Crippen molar-refractivity contribution in [3.05, 3.63) is 37.9 Å². The first kappa shape index (κ1) is 25.2. The highest BCUT2D eigenvalue weighted by molar-refractivity contribution is 14.1. The minimum absolute atomic E-state index is 0.0198. The van der Waals surface area contributed by atoms with Crippen LogP contribution in [0.5, 0.6) is 0 Å². The highest BCUT2D eigenvalue weighted by Crippen LogP contribution is 2.38. The molecule has 0 atom stereocenters. The number of amides is 1. The van der Waals surface area contributed by atoms with E-state index in [2.05, 4.69) is 32.4 Å². The third-order valence-electron chi connectivity index (χ3n) is 3.68. The van der Waals surface area contributed by atoms with Crippen LogP contribution in [0.2, 0.25) is 0 Å². The summed E-state index contributed by atoms with van der Waals surface area (Å²) in [5, 5.41) is 25.3. The SMILES string of the molecule is CCN(CCI)c1ccc([N+](=O)[O-])c(C(=O)NCCCOP(=O)(O)O)c1[N+](=O)[O-]. The van der Waals surface area contributed by atoms with Crippen LogP contribution in [0, 0.1) is 20.2 Å². The van der Waals surface area contributed by atoms with Crippen LogP contribution in [-0.4, -0.2) is 56.2 Å². The first-order valence-corrected chi connectivity index (χ1v) is 11.3. The topological polar surface area (TPSA) is 185 Å². The van der Waals surface area contributed by atoms with Crippen molar-refractivity contribution < 1.29 is 33.5 Å². The largest absolute Gasteiger partial charge is 0.469 e. The van der Waals surface area contributed by atoms with E-state index in [0.29, 0.717) is 17.5 Å². The maximum absolute atomic E-state index is 12.5. The second-order valence-electron chi connectivity index (χ2n) is 5.54. The number of rotatable bonds is 12. The summed E-state index contributed by atoms with van der Waals surface area (Å²) in [6.07, 6.45) is -0.0198. The molecule has 0 bridgehead atoms. The Kier molecular flexibility index (Phi) is 9.85. The lowest BCUT2D eigenvalue weighted by atomic mass is 10.1. The smallest absolute Gasteiger partial charge is 0.365 e. The average molecular weight is 546 g/mol. The van der Waals surface area contributed by atoms with Gasteiger partial charge in [0.25, 0.3) is 11.6 Å². The molecule has 0 spiro atoms. The van der Waals surface area contributed by atoms with Crippen LogP contribution in [0.25, 0.3) is 0 Å². The molecule has 0 saturated heterocycles. The molecule has 0 fully saturated rings. The fourth-order valence-electron chi connectivity index (χ4n) is 2.48. The summed E-state index contributed by atoms with van der Waals surface area (Å²) < 4.78 is 15.5. The zero-order valence-corrected chi connectivity index (χ0v) is 18.4. The molecule has 0 heterocycles. The van der Waals surface area contributed by atoms with Gasteiger partial charge in [-0.15, -0.1) is 0 Å². The average Bonchev–Trinajstić information content (AvgIpc) is 2.63. The van der Waals surface area contributed by atoms with E-state index in [1.54, 1.807) is 11.8 Å². The monoisotopic (exact) mass is 546 g/mol. The van der Waals surface area contributed by atoms with E-state index < -0.39 is 40.5 Å². The summed E-state index contributed by atoms with van der Waals surface area (Å²) in [5.41, 5.74) is -1.97. The van der Waals surface area contributed by atoms with E-state index in [1.165, 1.54) is 6.07 Å². The number of phosphoric acid groups is 1. The summed E-state index contributed by atoms with van der Waals surface area (Å²) in [4.78, 5) is 52.7. The lowest BCUT2D eigenvalue weighted by Crippen LogP contribution is -2.29. The van der Waals surface area contributed by atoms with E-state index in [0.717, 1.165) is 6.07 Å². The van der Waals surface area contributed by atoms with Crippen molar-refractivity contribution in [2.45, 2.75) is 13.3 Å². The van der Waals surface area contributed by atoms with E-state index >= 15 is 0 Å². The molecule has 0 saturated carbocycles. The quantitative estimate of drug-likeness (QED) is 0.0875. The van der Waals surface area contributed by atoms with Gasteiger partial charge < -0.3 is 20.0 Å². The van der Waals surface area contributed by atoms with Crippen LogP contribution in [-0.2, 0) is 9.09 Å². The predicted molar refractivity (Wildman–Crippen MR) is 111 cm³/mol. The van der Waals surface area contributed by atoms with E-state index in [9.17, 15) is 29.6 Å². The maximum Gasteiger partial charge on any atom is 0.469 e. The van der Waals surface area contributed by atoms with Crippen LogP contribution >= 0.6 is 30.4 Å². The number of benzene rings is 1. The molecule has 1 aromatic rings. The number of hydrogen-bond acceptors (Lipinski definition) is 8. The van der Waals surface area contributed by atoms with Crippen molar-refractivity contribution >= 4 is 53.4 Å². The predicted octanol–water partition coefficient (Wildman–Crippen LogP) is 1.99. The van der Waals surface area contributed by atoms with Crippen molar-refractivity contribution in [2.75, 3.05) is 35.6 Å². The Bertz CT molecular complexity index is 817. The Morgan fingerprint density at radius 1 is 1.31 bits per heavy atom. The van der Waals surface area contributed by atoms with Crippen LogP contribution in [0.4, 0.5) is 17.1 Å². The molecule has 0 aliphatic heterocycles. The number of nitro benzene ring substituents is 2. The van der Waals surface area contributed by atoms with Gasteiger partial charge in [-0.25, -0.2) is 4.57 Å². The molecule has 0 aliphatic rings. The number of hydrogen-bond donors (Lipinski definition) is 3. The second kappa shape index (κ2) is 11.3. The molecular formula is C14H20IN4O9P. The number of nitrogens with one attached hydrogen (secondary N) is 1. The van der Waals surface area contributed by atoms with Crippen LogP contribution in [0.15, 0.2) is 12.1 Å². The number of phosphoric ester groups is 1. The minimum atomic E-state index is -4.65. The van der Waals surface area contributed by atoms with Crippen molar-refractivity contribution in [3.8, 4) is 0 Å². The summed E-state index contributed by atoms with van der Waals surface area (Å²) in [7, 11) is -4.65. The number of carbonyl (C=O) groups excluding carboxylic acids is 1. The van der Waals surface area contributed by atoms with Crippen molar-refractivity contribution in [3.63, 3.8) is 0 Å². The Morgan fingerprint density at radius 3 is 2.45 bits per heavy atom. The number of halogens is 1. The molecule has 13 nitrogen and oxygen atoms in total. The lowest BCUT2D eigenvalue weighted by Gasteiger charge is -2.22. The van der Waals surface area contributed by atoms with Crippen LogP contribution in [0.1, 0.15) is 23.7 Å². The fraction of sp³-hybridized carbons (Fsp3) is 0.500. The Hall–Kier alpha value is -1.87. The van der Waals surface area contributed by atoms with Gasteiger partial charge in [0, 0.05) is 30.1 Å². The van der Waals surface area contributed by atoms with Gasteiger partial charge >= 0.3 is 13.5 Å². The molecule has 162 valence electrons. The first-order chi connectivity index (χ1) is 13.5. The first-order valence-electron chi connectivity index (χ1n) is 8.28. The molecule has 1 rings (SSSR count). The highest BCUT2D eigenvalue weighted by atomic mass is 127. The van der Waals surface area contributed by atoms with Gasteiger partial charge in [-0.2, -0.15) is 0 Å². The van der Waals surface area contributed by atoms with E-state index in [4.69, 9.17) is 9.79 Å². The van der Waals surface area contributed by atoms with Crippen molar-refractivity contribution in [1.82, 2.24) is 5.32 Å². The Morgan fingerprint density at radius 2 is 1.97 bits per heavy atom. The normalized spacial score (nSPS) is 11.2. The molecule has 0 aliphatic carbocycles. The van der Waals surface area contributed by atoms with Gasteiger partial charge in [-0.3, -0.25) is 29.5 Å². The van der Waals surface area contributed by atoms with E-state index in [1.807, 2.05) is 0 Å². The molecule has 0 unspecified atom stereocenters. The molecule has 0 aromatic heterocycles. The van der Waals surface area contributed by atoms with Gasteiger partial charge in [-0.1, -0.05) is 22.6 Å². The Labute approximate surface area is 179 Å². The summed E-state index contributed by atoms with van der Waals surface area (Å²) in [6.45, 7) is 2.05. The Balaban J connectivity index is 3.23. The number of carbonyl (C=O) groups is 1. The number of alkyl halides is 1. The van der Waals surface area contributed by atoms with Gasteiger partial charge in [0.05, 0.1) is 16.5 Å². The lowest BCUT2D eigenvalue weighted by molar-refractivity contribution is -0.394. The van der Waals surface area contributed by atoms with Crippen LogP contribution < -0.4 is 10.2 Å². The summed E-state index contributed by atoms with van der Waals surface area (Å²) in [6, 6.07) is 2.29. The zero-order chi connectivity index (χ0) is 22.2. The minimum Gasteiger partial charge on any atom is -0.365 e. The number of nitrogens with zero attached hydrogens (tertiary/aromatic N) is 3. The third kappa shape index (κ3) is 7.47. The van der Waals surface area contributed by atoms with Crippen molar-refractivity contribution in [1.29, 1.82) is 0 Å². The summed E-state index contributed by atoms with van der Waals surface area (Å²) >= 11 is 2.09. The zero-order valence-electron chi connectivity index (χ0n) is 15.3. The molecule has 1 amide bonds. The highest BCUT2D eigenvalue weighted by Gasteiger charge is 2.35. The third-order valence-corrected chi connectivity index (χ3v) is 4.69. The van der Waals surface area contributed by atoms with E-state index in [-0.39, 0.29) is 25.3 Å².